The molecule has 5 nitrogen and oxygen atoms in total. The first-order valence-corrected chi connectivity index (χ1v) is 6.19. The fourth-order valence-corrected chi connectivity index (χ4v) is 2.35. The van der Waals surface area contributed by atoms with Crippen LogP contribution >= 0.6 is 0 Å². The van der Waals surface area contributed by atoms with Crippen molar-refractivity contribution in [3.63, 3.8) is 0 Å². The van der Waals surface area contributed by atoms with Gasteiger partial charge in [0.25, 0.3) is 0 Å². The van der Waals surface area contributed by atoms with Crippen molar-refractivity contribution in [1.29, 1.82) is 0 Å². The number of methoxy groups -OCH3 is 1. The maximum absolute atomic E-state index is 11.0. The molecule has 0 saturated carbocycles. The summed E-state index contributed by atoms with van der Waals surface area (Å²) in [7, 11) is 5.61. The summed E-state index contributed by atoms with van der Waals surface area (Å²) in [4.78, 5) is 15.2. The first kappa shape index (κ1) is 13.6. The fourth-order valence-electron chi connectivity index (χ4n) is 2.35. The average Bonchev–Trinajstić information content (AvgIpc) is 2.67. The van der Waals surface area contributed by atoms with Crippen LogP contribution in [0.5, 0.6) is 0 Å². The van der Waals surface area contributed by atoms with E-state index in [2.05, 4.69) is 9.80 Å². The van der Waals surface area contributed by atoms with Crippen LogP contribution in [0.15, 0.2) is 18.2 Å². The number of carbonyl (C=O) groups excluding carboxylic acids is 1. The lowest BCUT2D eigenvalue weighted by Gasteiger charge is -2.27. The maximum atomic E-state index is 11.0. The molecule has 1 atom stereocenters. The van der Waals surface area contributed by atoms with Gasteiger partial charge < -0.3 is 20.3 Å². The van der Waals surface area contributed by atoms with Crippen LogP contribution in [0.2, 0.25) is 0 Å². The van der Waals surface area contributed by atoms with Crippen molar-refractivity contribution < 1.29 is 9.53 Å². The van der Waals surface area contributed by atoms with Gasteiger partial charge in [0, 0.05) is 13.1 Å². The standard InChI is InChI=1S/C14H19N3O2/c1-16(2)7-8-17-11-6-4-5-10(9-18)12(11)13(19-3)14(17)15/h4-6,14H,7-8,15H2,1-3H3. The summed E-state index contributed by atoms with van der Waals surface area (Å²) < 4.78 is 5.39. The van der Waals surface area contributed by atoms with Gasteiger partial charge in [-0.1, -0.05) is 6.07 Å². The molecule has 1 aromatic carbocycles. The molecule has 0 bridgehead atoms. The Morgan fingerprint density at radius 1 is 1.47 bits per heavy atom. The predicted octanol–water partition coefficient (Wildman–Crippen LogP) is -1.39. The Kier molecular flexibility index (Phi) is 3.90. The molecule has 1 aromatic rings. The smallest absolute Gasteiger partial charge is 0.143 e. The van der Waals surface area contributed by atoms with E-state index in [0.717, 1.165) is 24.0 Å². The van der Waals surface area contributed by atoms with E-state index < -0.39 is 0 Å². The zero-order valence-corrected chi connectivity index (χ0v) is 11.5. The number of anilines is 1. The molecular formula is C14H19N3O2. The topological polar surface area (TPSA) is 58.8 Å². The van der Waals surface area contributed by atoms with Crippen LogP contribution in [-0.2, 0) is 9.53 Å². The highest BCUT2D eigenvalue weighted by atomic mass is 16.5. The highest BCUT2D eigenvalue weighted by Gasteiger charge is 2.29. The highest BCUT2D eigenvalue weighted by molar-refractivity contribution is 5.70. The second-order valence-corrected chi connectivity index (χ2v) is 4.81. The van der Waals surface area contributed by atoms with Gasteiger partial charge >= 0.3 is 0 Å². The minimum absolute atomic E-state index is 0.352. The van der Waals surface area contributed by atoms with Crippen molar-refractivity contribution in [2.45, 2.75) is 6.17 Å². The molecule has 19 heavy (non-hydrogen) atoms. The molecule has 0 radical (unpaired) electrons. The Labute approximate surface area is 112 Å². The normalized spacial score (nSPS) is 17.6. The summed E-state index contributed by atoms with van der Waals surface area (Å²) in [6, 6.07) is 5.53. The van der Waals surface area contributed by atoms with Gasteiger partial charge in [-0.25, -0.2) is 4.79 Å². The van der Waals surface area contributed by atoms with Gasteiger partial charge in [-0.3, -0.25) is 0 Å². The van der Waals surface area contributed by atoms with Crippen LogP contribution in [0, 0.1) is 0 Å². The third-order valence-corrected chi connectivity index (χ3v) is 3.32. The van der Waals surface area contributed by atoms with Crippen molar-refractivity contribution >= 4 is 17.4 Å². The zero-order valence-electron chi connectivity index (χ0n) is 11.5. The number of likely N-dealkylation sites (N-methyl/N-ethyl adjacent to an activating group) is 1. The number of rotatable bonds is 4. The SMILES string of the molecule is COC1=c2c(cccc2=C=O)N(CCN(C)C)C1N. The van der Waals surface area contributed by atoms with Gasteiger partial charge in [-0.2, -0.15) is 0 Å². The highest BCUT2D eigenvalue weighted by Crippen LogP contribution is 2.20. The van der Waals surface area contributed by atoms with Gasteiger partial charge in [0.2, 0.25) is 0 Å². The average molecular weight is 261 g/mol. The molecule has 102 valence electrons. The summed E-state index contributed by atoms with van der Waals surface area (Å²) in [6.07, 6.45) is -0.352. The van der Waals surface area contributed by atoms with Crippen molar-refractivity contribution in [2.75, 3.05) is 39.2 Å². The number of nitrogens with two attached hydrogens (primary N) is 1. The van der Waals surface area contributed by atoms with E-state index in [-0.39, 0.29) is 6.17 Å². The van der Waals surface area contributed by atoms with E-state index in [0.29, 0.717) is 11.0 Å². The largest absolute Gasteiger partial charge is 0.497 e. The number of benzene rings is 1. The van der Waals surface area contributed by atoms with Crippen molar-refractivity contribution in [3.8, 4) is 0 Å². The fraction of sp³-hybridized carbons (Fsp3) is 0.429. The van der Waals surface area contributed by atoms with Gasteiger partial charge in [0.05, 0.1) is 23.2 Å². The Balaban J connectivity index is 2.53. The van der Waals surface area contributed by atoms with Crippen LogP contribution in [0.25, 0.3) is 5.76 Å². The van der Waals surface area contributed by atoms with Crippen molar-refractivity contribution in [3.05, 3.63) is 28.6 Å². The molecule has 2 N–H and O–H groups in total. The molecule has 0 aliphatic carbocycles. The van der Waals surface area contributed by atoms with Crippen LogP contribution in [0.1, 0.15) is 0 Å². The maximum Gasteiger partial charge on any atom is 0.143 e. The van der Waals surface area contributed by atoms with Gasteiger partial charge in [0.1, 0.15) is 17.9 Å². The summed E-state index contributed by atoms with van der Waals surface area (Å²) in [6.45, 7) is 1.65. The lowest BCUT2D eigenvalue weighted by Crippen LogP contribution is -2.43. The van der Waals surface area contributed by atoms with E-state index in [4.69, 9.17) is 10.5 Å². The van der Waals surface area contributed by atoms with E-state index in [9.17, 15) is 4.79 Å². The Morgan fingerprint density at radius 3 is 2.79 bits per heavy atom. The van der Waals surface area contributed by atoms with E-state index in [1.807, 2.05) is 32.2 Å². The Morgan fingerprint density at radius 2 is 2.21 bits per heavy atom. The summed E-state index contributed by atoms with van der Waals surface area (Å²) in [5, 5.41) is 1.27. The molecular weight excluding hydrogens is 242 g/mol. The predicted molar refractivity (Wildman–Crippen MR) is 74.8 cm³/mol. The molecule has 0 spiro atoms. The van der Waals surface area contributed by atoms with Crippen molar-refractivity contribution in [2.24, 2.45) is 5.73 Å². The molecule has 1 heterocycles. The Bertz CT molecular complexity index is 606. The monoisotopic (exact) mass is 261 g/mol. The number of hydrogen-bond acceptors (Lipinski definition) is 5. The lowest BCUT2D eigenvalue weighted by molar-refractivity contribution is 0.337. The minimum Gasteiger partial charge on any atom is -0.497 e. The molecule has 0 aromatic heterocycles. The summed E-state index contributed by atoms with van der Waals surface area (Å²) >= 11 is 0. The molecule has 2 rings (SSSR count). The van der Waals surface area contributed by atoms with Gasteiger partial charge in [-0.05, 0) is 26.2 Å². The minimum atomic E-state index is -0.352. The second kappa shape index (κ2) is 5.45. The third-order valence-electron chi connectivity index (χ3n) is 3.32. The van der Waals surface area contributed by atoms with E-state index in [1.54, 1.807) is 13.2 Å². The van der Waals surface area contributed by atoms with E-state index >= 15 is 0 Å². The molecule has 0 fully saturated rings. The number of nitrogens with zero attached hydrogens (tertiary/aromatic N) is 2. The second-order valence-electron chi connectivity index (χ2n) is 4.81. The van der Waals surface area contributed by atoms with Crippen LogP contribution < -0.4 is 21.1 Å². The van der Waals surface area contributed by atoms with E-state index in [1.165, 1.54) is 0 Å². The van der Waals surface area contributed by atoms with Gasteiger partial charge in [-0.15, -0.1) is 0 Å². The molecule has 0 amide bonds. The molecule has 1 aliphatic rings. The number of hydrogen-bond donors (Lipinski definition) is 1. The van der Waals surface area contributed by atoms with Crippen LogP contribution in [0.3, 0.4) is 0 Å². The van der Waals surface area contributed by atoms with Crippen LogP contribution in [0.4, 0.5) is 5.69 Å². The van der Waals surface area contributed by atoms with Crippen molar-refractivity contribution in [1.82, 2.24) is 4.90 Å². The molecule has 5 heteroatoms. The molecule has 1 unspecified atom stereocenters. The molecule has 1 aliphatic heterocycles. The zero-order chi connectivity index (χ0) is 14.0. The first-order chi connectivity index (χ1) is 9.10. The summed E-state index contributed by atoms with van der Waals surface area (Å²) in [5.74, 6) is 2.59. The molecule has 0 saturated heterocycles. The lowest BCUT2D eigenvalue weighted by atomic mass is 10.2. The summed E-state index contributed by atoms with van der Waals surface area (Å²) in [5.41, 5.74) is 7.15. The number of ether oxygens (including phenoxy) is 1. The van der Waals surface area contributed by atoms with Crippen LogP contribution in [-0.4, -0.2) is 51.3 Å². The number of fused-ring (bicyclic) bond motifs is 1. The Hall–Kier alpha value is -1.81. The third kappa shape index (κ3) is 2.36. The van der Waals surface area contributed by atoms with Gasteiger partial charge in [0.15, 0.2) is 0 Å². The quantitative estimate of drug-likeness (QED) is 0.723. The first-order valence-electron chi connectivity index (χ1n) is 6.19.